The van der Waals surface area contributed by atoms with Crippen LogP contribution >= 0.6 is 0 Å². The Balaban J connectivity index is 5.42. The van der Waals surface area contributed by atoms with Gasteiger partial charge < -0.3 is 58.5 Å². The molecule has 19 nitrogen and oxygen atoms in total. The first-order chi connectivity index (χ1) is 17.6. The lowest BCUT2D eigenvalue weighted by atomic mass is 10.1. The number of hydrogen-bond acceptors (Lipinski definition) is 11. The number of nitrogens with one attached hydrogen (secondary N) is 5. The molecule has 38 heavy (non-hydrogen) atoms. The van der Waals surface area contributed by atoms with Crippen LogP contribution in [0.4, 0.5) is 0 Å². The molecule has 0 aliphatic carbocycles. The molecule has 0 spiro atoms. The van der Waals surface area contributed by atoms with E-state index in [1.807, 2.05) is 10.6 Å². The van der Waals surface area contributed by atoms with Gasteiger partial charge in [-0.15, -0.1) is 0 Å². The van der Waals surface area contributed by atoms with Gasteiger partial charge in [0.05, 0.1) is 32.6 Å². The second kappa shape index (κ2) is 16.4. The highest BCUT2D eigenvalue weighted by Crippen LogP contribution is 2.00. The fourth-order valence-corrected chi connectivity index (χ4v) is 2.56. The Morgan fingerprint density at radius 3 is 1.71 bits per heavy atom. The third kappa shape index (κ3) is 12.6. The van der Waals surface area contributed by atoms with E-state index in [9.17, 15) is 38.4 Å². The molecule has 0 unspecified atom stereocenters. The minimum Gasteiger partial charge on any atom is -0.481 e. The van der Waals surface area contributed by atoms with Crippen molar-refractivity contribution in [2.24, 2.45) is 11.5 Å². The number of rotatable bonds is 17. The van der Waals surface area contributed by atoms with Crippen molar-refractivity contribution in [1.29, 1.82) is 0 Å². The zero-order valence-electron chi connectivity index (χ0n) is 20.1. The van der Waals surface area contributed by atoms with Gasteiger partial charge >= 0.3 is 11.9 Å². The standard InChI is InChI=1S/C19H31N7O12/c1-7(15(33)26-11(6-28)19(37)38)23-17(35)10(3-14(31)32)25-18(36)9(2-12(21)29)24-13(30)4-22-16(34)8(20)5-27/h7-11,27-28H,2-6,20H2,1H3,(H2,21,29)(H,22,34)(H,23,35)(H,24,30)(H,25,36)(H,26,33)(H,31,32)(H,37,38)/t7-,8-,9-,10-,11-/m0/s1. The summed E-state index contributed by atoms with van der Waals surface area (Å²) in [5.74, 6) is -9.58. The molecule has 0 saturated heterocycles. The number of aliphatic hydroxyl groups excluding tert-OH is 2. The molecule has 0 aliphatic heterocycles. The molecule has 6 amide bonds. The van der Waals surface area contributed by atoms with Gasteiger partial charge in [0.25, 0.3) is 0 Å². The van der Waals surface area contributed by atoms with Crippen LogP contribution in [0.2, 0.25) is 0 Å². The molecular weight excluding hydrogens is 518 g/mol. The fraction of sp³-hybridized carbons (Fsp3) is 0.579. The highest BCUT2D eigenvalue weighted by molar-refractivity contribution is 5.98. The third-order valence-corrected chi connectivity index (χ3v) is 4.57. The largest absolute Gasteiger partial charge is 0.481 e. The molecule has 214 valence electrons. The molecule has 0 rings (SSSR count). The van der Waals surface area contributed by atoms with Crippen molar-refractivity contribution in [2.45, 2.75) is 50.0 Å². The minimum atomic E-state index is -1.84. The van der Waals surface area contributed by atoms with Gasteiger partial charge in [0.2, 0.25) is 35.4 Å². The monoisotopic (exact) mass is 549 g/mol. The Hall–Kier alpha value is -4.36. The maximum absolute atomic E-state index is 12.7. The van der Waals surface area contributed by atoms with Crippen molar-refractivity contribution in [1.82, 2.24) is 26.6 Å². The number of primary amides is 1. The van der Waals surface area contributed by atoms with Gasteiger partial charge in [0.15, 0.2) is 0 Å². The smallest absolute Gasteiger partial charge is 0.328 e. The average molecular weight is 549 g/mol. The average Bonchev–Trinajstić information content (AvgIpc) is 2.83. The van der Waals surface area contributed by atoms with Crippen molar-refractivity contribution in [3.05, 3.63) is 0 Å². The summed E-state index contributed by atoms with van der Waals surface area (Å²) in [5, 5.41) is 45.9. The summed E-state index contributed by atoms with van der Waals surface area (Å²) in [7, 11) is 0. The summed E-state index contributed by atoms with van der Waals surface area (Å²) in [6.07, 6.45) is -1.80. The number of carbonyl (C=O) groups is 8. The van der Waals surface area contributed by atoms with E-state index in [-0.39, 0.29) is 0 Å². The number of aliphatic hydroxyl groups is 2. The molecule has 5 atom stereocenters. The molecule has 0 aromatic rings. The normalized spacial score (nSPS) is 14.4. The number of amides is 6. The quantitative estimate of drug-likeness (QED) is 0.0804. The van der Waals surface area contributed by atoms with E-state index >= 15 is 0 Å². The van der Waals surface area contributed by atoms with Crippen LogP contribution in [0.25, 0.3) is 0 Å². The van der Waals surface area contributed by atoms with E-state index in [4.69, 9.17) is 31.9 Å². The Bertz CT molecular complexity index is 928. The lowest BCUT2D eigenvalue weighted by molar-refractivity contribution is -0.144. The van der Waals surface area contributed by atoms with Crippen LogP contribution in [0.15, 0.2) is 0 Å². The second-order valence-electron chi connectivity index (χ2n) is 7.77. The predicted molar refractivity (Wildman–Crippen MR) is 122 cm³/mol. The van der Waals surface area contributed by atoms with Gasteiger partial charge in [0, 0.05) is 0 Å². The molecule has 13 N–H and O–H groups in total. The van der Waals surface area contributed by atoms with E-state index in [1.165, 1.54) is 0 Å². The van der Waals surface area contributed by atoms with E-state index < -0.39 is 110 Å². The molecule has 19 heteroatoms. The zero-order valence-corrected chi connectivity index (χ0v) is 20.1. The molecule has 0 aliphatic rings. The molecule has 0 saturated carbocycles. The molecule has 0 bridgehead atoms. The van der Waals surface area contributed by atoms with Gasteiger partial charge in [-0.25, -0.2) is 4.79 Å². The molecule has 0 aromatic heterocycles. The maximum Gasteiger partial charge on any atom is 0.328 e. The van der Waals surface area contributed by atoms with Crippen LogP contribution in [0.5, 0.6) is 0 Å². The SMILES string of the molecule is C[C@H](NC(=O)[C@H](CC(=O)O)NC(=O)[C@H](CC(N)=O)NC(=O)CNC(=O)[C@@H](N)CO)C(=O)N[C@@H](CO)C(=O)O. The van der Waals surface area contributed by atoms with Crippen LogP contribution in [-0.4, -0.2) is 118 Å². The molecule has 0 radical (unpaired) electrons. The summed E-state index contributed by atoms with van der Waals surface area (Å²) < 4.78 is 0. The Morgan fingerprint density at radius 1 is 0.711 bits per heavy atom. The van der Waals surface area contributed by atoms with E-state index in [0.717, 1.165) is 6.92 Å². The van der Waals surface area contributed by atoms with Crippen LogP contribution in [0.3, 0.4) is 0 Å². The number of carbonyl (C=O) groups excluding carboxylic acids is 6. The summed E-state index contributed by atoms with van der Waals surface area (Å²) in [5.41, 5.74) is 10.3. The lowest BCUT2D eigenvalue weighted by Crippen LogP contribution is -2.58. The zero-order chi connectivity index (χ0) is 29.6. The first-order valence-electron chi connectivity index (χ1n) is 10.8. The highest BCUT2D eigenvalue weighted by Gasteiger charge is 2.31. The third-order valence-electron chi connectivity index (χ3n) is 4.57. The topological polar surface area (TPSA) is 330 Å². The van der Waals surface area contributed by atoms with Gasteiger partial charge in [-0.2, -0.15) is 0 Å². The summed E-state index contributed by atoms with van der Waals surface area (Å²) in [6, 6.07) is -8.00. The Kier molecular flexibility index (Phi) is 14.5. The van der Waals surface area contributed by atoms with Crippen molar-refractivity contribution < 1.29 is 58.8 Å². The first kappa shape index (κ1) is 33.6. The van der Waals surface area contributed by atoms with E-state index in [0.29, 0.717) is 0 Å². The Labute approximate surface area is 214 Å². The number of carboxylic acid groups (broad SMARTS) is 2. The predicted octanol–water partition coefficient (Wildman–Crippen LogP) is -7.19. The van der Waals surface area contributed by atoms with Crippen molar-refractivity contribution in [2.75, 3.05) is 19.8 Å². The molecule has 0 heterocycles. The summed E-state index contributed by atoms with van der Waals surface area (Å²) in [4.78, 5) is 94.5. The number of carboxylic acids is 2. The van der Waals surface area contributed by atoms with Gasteiger partial charge in [0.1, 0.15) is 30.2 Å². The summed E-state index contributed by atoms with van der Waals surface area (Å²) >= 11 is 0. The van der Waals surface area contributed by atoms with Crippen molar-refractivity contribution in [3.63, 3.8) is 0 Å². The number of hydrogen-bond donors (Lipinski definition) is 11. The number of nitrogens with two attached hydrogens (primary N) is 2. The molecule has 0 fully saturated rings. The van der Waals surface area contributed by atoms with E-state index in [2.05, 4.69) is 16.0 Å². The molecule has 0 aromatic carbocycles. The maximum atomic E-state index is 12.7. The second-order valence-corrected chi connectivity index (χ2v) is 7.77. The Morgan fingerprint density at radius 2 is 1.24 bits per heavy atom. The lowest BCUT2D eigenvalue weighted by Gasteiger charge is -2.23. The van der Waals surface area contributed by atoms with Crippen LogP contribution < -0.4 is 38.1 Å². The van der Waals surface area contributed by atoms with E-state index in [1.54, 1.807) is 0 Å². The molecular formula is C19H31N7O12. The summed E-state index contributed by atoms with van der Waals surface area (Å²) in [6.45, 7) is -1.29. The van der Waals surface area contributed by atoms with Crippen LogP contribution in [0, 0.1) is 0 Å². The number of aliphatic carboxylic acids is 2. The van der Waals surface area contributed by atoms with Gasteiger partial charge in [-0.1, -0.05) is 0 Å². The highest BCUT2D eigenvalue weighted by atomic mass is 16.4. The van der Waals surface area contributed by atoms with Gasteiger partial charge in [-0.05, 0) is 6.92 Å². The fourth-order valence-electron chi connectivity index (χ4n) is 2.56. The first-order valence-corrected chi connectivity index (χ1v) is 10.8. The van der Waals surface area contributed by atoms with Crippen molar-refractivity contribution >= 4 is 47.4 Å². The minimum absolute atomic E-state index is 0.713. The van der Waals surface area contributed by atoms with Crippen LogP contribution in [-0.2, 0) is 38.4 Å². The van der Waals surface area contributed by atoms with Gasteiger partial charge in [-0.3, -0.25) is 33.6 Å². The van der Waals surface area contributed by atoms with Crippen molar-refractivity contribution in [3.8, 4) is 0 Å². The van der Waals surface area contributed by atoms with Crippen LogP contribution in [0.1, 0.15) is 19.8 Å².